The molecule has 5 heteroatoms. The first-order valence-corrected chi connectivity index (χ1v) is 11.7. The van der Waals surface area contributed by atoms with Gasteiger partial charge in [0.15, 0.2) is 0 Å². The van der Waals surface area contributed by atoms with Gasteiger partial charge in [0.05, 0.1) is 16.9 Å². The smallest absolute Gasteiger partial charge is 0.258 e. The van der Waals surface area contributed by atoms with Crippen LogP contribution in [-0.2, 0) is 6.54 Å². The number of amides is 1. The van der Waals surface area contributed by atoms with Crippen LogP contribution >= 0.6 is 0 Å². The van der Waals surface area contributed by atoms with Gasteiger partial charge in [-0.1, -0.05) is 91.0 Å². The lowest BCUT2D eigenvalue weighted by molar-refractivity contribution is 0.0667. The molecule has 170 valence electrons. The number of benzene rings is 4. The molecule has 6 rings (SSSR count). The van der Waals surface area contributed by atoms with Crippen LogP contribution in [0.1, 0.15) is 27.7 Å². The van der Waals surface area contributed by atoms with Crippen molar-refractivity contribution in [1.29, 1.82) is 0 Å². The highest BCUT2D eigenvalue weighted by atomic mass is 16.2. The Hall–Kier alpha value is -4.64. The Balaban J connectivity index is 1.52. The molecule has 0 aliphatic carbocycles. The van der Waals surface area contributed by atoms with Crippen molar-refractivity contribution in [2.24, 2.45) is 0 Å². The van der Waals surface area contributed by atoms with Crippen LogP contribution in [-0.4, -0.2) is 20.6 Å². The predicted octanol–water partition coefficient (Wildman–Crippen LogP) is 6.31. The number of nitrogens with one attached hydrogen (secondary N) is 1. The number of fused-ring (bicyclic) bond motifs is 1. The van der Waals surface area contributed by atoms with Crippen LogP contribution in [0.4, 0.5) is 5.69 Å². The summed E-state index contributed by atoms with van der Waals surface area (Å²) in [7, 11) is 0. The zero-order valence-corrected chi connectivity index (χ0v) is 19.1. The van der Waals surface area contributed by atoms with Gasteiger partial charge >= 0.3 is 0 Å². The van der Waals surface area contributed by atoms with Crippen LogP contribution in [0.3, 0.4) is 0 Å². The maximum atomic E-state index is 13.8. The molecule has 4 aromatic carbocycles. The number of anilines is 1. The highest BCUT2D eigenvalue weighted by Crippen LogP contribution is 2.38. The minimum atomic E-state index is -0.384. The number of carbonyl (C=O) groups is 1. The lowest BCUT2D eigenvalue weighted by atomic mass is 10.0. The van der Waals surface area contributed by atoms with Gasteiger partial charge in [-0.3, -0.25) is 4.79 Å². The van der Waals surface area contributed by atoms with Crippen molar-refractivity contribution in [3.8, 4) is 16.9 Å². The van der Waals surface area contributed by atoms with Gasteiger partial charge in [0, 0.05) is 29.6 Å². The molecule has 0 saturated carbocycles. The molecule has 0 bridgehead atoms. The van der Waals surface area contributed by atoms with Gasteiger partial charge in [0.25, 0.3) is 5.91 Å². The number of nitrogens with zero attached hydrogens (tertiary/aromatic N) is 3. The van der Waals surface area contributed by atoms with Crippen LogP contribution in [0.15, 0.2) is 121 Å². The molecule has 5 nitrogen and oxygen atoms in total. The summed E-state index contributed by atoms with van der Waals surface area (Å²) < 4.78 is 1.89. The molecule has 0 fully saturated rings. The van der Waals surface area contributed by atoms with E-state index in [-0.39, 0.29) is 12.1 Å². The van der Waals surface area contributed by atoms with Crippen molar-refractivity contribution in [2.75, 3.05) is 5.32 Å². The monoisotopic (exact) mass is 456 g/mol. The van der Waals surface area contributed by atoms with Crippen molar-refractivity contribution in [3.05, 3.63) is 138 Å². The Morgan fingerprint density at radius 1 is 0.743 bits per heavy atom. The van der Waals surface area contributed by atoms with E-state index in [1.54, 1.807) is 0 Å². The fourth-order valence-corrected chi connectivity index (χ4v) is 4.60. The SMILES string of the molecule is O=C1c2ccccc2NC(c2cn(-c3ccccc3)nc2-c2ccccc2)N1Cc1ccccc1. The first kappa shape index (κ1) is 20.9. The maximum absolute atomic E-state index is 13.8. The van der Waals surface area contributed by atoms with E-state index in [1.807, 2.05) is 107 Å². The van der Waals surface area contributed by atoms with E-state index < -0.39 is 0 Å². The third kappa shape index (κ3) is 3.97. The average Bonchev–Trinajstić information content (AvgIpc) is 3.37. The molecular formula is C30H24N4O. The van der Waals surface area contributed by atoms with Gasteiger partial charge in [-0.2, -0.15) is 5.10 Å². The molecule has 1 aliphatic rings. The van der Waals surface area contributed by atoms with Gasteiger partial charge in [0.2, 0.25) is 0 Å². The van der Waals surface area contributed by atoms with Gasteiger partial charge in [-0.05, 0) is 29.8 Å². The minimum absolute atomic E-state index is 0.000300. The summed E-state index contributed by atoms with van der Waals surface area (Å²) in [5, 5.41) is 8.63. The number of hydrogen-bond acceptors (Lipinski definition) is 3. The van der Waals surface area contributed by atoms with E-state index in [0.29, 0.717) is 12.1 Å². The number of carbonyl (C=O) groups excluding carboxylic acids is 1. The standard InChI is InChI=1S/C30H24N4O/c35-30-25-18-10-11-19-27(25)31-29(33(30)20-22-12-4-1-5-13-22)26-21-34(24-16-8-3-9-17-24)32-28(26)23-14-6-2-7-15-23/h1-19,21,29,31H,20H2. The molecule has 5 aromatic rings. The largest absolute Gasteiger partial charge is 0.361 e. The number of aromatic nitrogens is 2. The van der Waals surface area contributed by atoms with E-state index in [2.05, 4.69) is 29.6 Å². The molecule has 1 unspecified atom stereocenters. The highest BCUT2D eigenvalue weighted by Gasteiger charge is 2.35. The highest BCUT2D eigenvalue weighted by molar-refractivity contribution is 6.01. The quantitative estimate of drug-likeness (QED) is 0.337. The number of rotatable bonds is 5. The molecular weight excluding hydrogens is 432 g/mol. The van der Waals surface area contributed by atoms with E-state index in [4.69, 9.17) is 5.10 Å². The molecule has 1 aromatic heterocycles. The molecule has 0 radical (unpaired) electrons. The lowest BCUT2D eigenvalue weighted by Crippen LogP contribution is -2.42. The molecule has 1 amide bonds. The summed E-state index contributed by atoms with van der Waals surface area (Å²) in [6.45, 7) is 0.483. The Bertz CT molecular complexity index is 1460. The fourth-order valence-electron chi connectivity index (χ4n) is 4.60. The molecule has 2 heterocycles. The topological polar surface area (TPSA) is 50.2 Å². The van der Waals surface area contributed by atoms with Crippen LogP contribution in [0, 0.1) is 0 Å². The molecule has 1 N–H and O–H groups in total. The Morgan fingerprint density at radius 2 is 1.37 bits per heavy atom. The second-order valence-electron chi connectivity index (χ2n) is 8.59. The summed E-state index contributed by atoms with van der Waals surface area (Å²) >= 11 is 0. The van der Waals surface area contributed by atoms with Crippen molar-refractivity contribution < 1.29 is 4.79 Å². The second-order valence-corrected chi connectivity index (χ2v) is 8.59. The van der Waals surface area contributed by atoms with Crippen LogP contribution in [0.2, 0.25) is 0 Å². The number of para-hydroxylation sites is 2. The Kier molecular flexibility index (Phi) is 5.35. The van der Waals surface area contributed by atoms with Gasteiger partial charge in [0.1, 0.15) is 6.17 Å². The normalized spacial score (nSPS) is 14.9. The summed E-state index contributed by atoms with van der Waals surface area (Å²) in [6.07, 6.45) is 1.65. The average molecular weight is 457 g/mol. The molecule has 0 spiro atoms. The Morgan fingerprint density at radius 3 is 2.11 bits per heavy atom. The number of hydrogen-bond donors (Lipinski definition) is 1. The first-order valence-electron chi connectivity index (χ1n) is 11.7. The van der Waals surface area contributed by atoms with Crippen molar-refractivity contribution in [2.45, 2.75) is 12.7 Å². The zero-order chi connectivity index (χ0) is 23.6. The summed E-state index contributed by atoms with van der Waals surface area (Å²) in [4.78, 5) is 15.7. The zero-order valence-electron chi connectivity index (χ0n) is 19.1. The lowest BCUT2D eigenvalue weighted by Gasteiger charge is -2.38. The van der Waals surface area contributed by atoms with Crippen LogP contribution in [0.25, 0.3) is 16.9 Å². The van der Waals surface area contributed by atoms with Crippen molar-refractivity contribution in [3.63, 3.8) is 0 Å². The summed E-state index contributed by atoms with van der Waals surface area (Å²) in [5.41, 5.74) is 6.34. The Labute approximate surface area is 204 Å². The fraction of sp³-hybridized carbons (Fsp3) is 0.0667. The van der Waals surface area contributed by atoms with E-state index >= 15 is 0 Å². The molecule has 35 heavy (non-hydrogen) atoms. The molecule has 0 saturated heterocycles. The maximum Gasteiger partial charge on any atom is 0.258 e. The van der Waals surface area contributed by atoms with Crippen LogP contribution < -0.4 is 5.32 Å². The third-order valence-electron chi connectivity index (χ3n) is 6.32. The second kappa shape index (κ2) is 8.95. The van der Waals surface area contributed by atoms with Crippen LogP contribution in [0.5, 0.6) is 0 Å². The minimum Gasteiger partial charge on any atom is -0.361 e. The molecule has 1 atom stereocenters. The van der Waals surface area contributed by atoms with E-state index in [1.165, 1.54) is 0 Å². The third-order valence-corrected chi connectivity index (χ3v) is 6.32. The van der Waals surface area contributed by atoms with Gasteiger partial charge < -0.3 is 10.2 Å². The first-order chi connectivity index (χ1) is 17.3. The van der Waals surface area contributed by atoms with Crippen molar-refractivity contribution in [1.82, 2.24) is 14.7 Å². The summed E-state index contributed by atoms with van der Waals surface area (Å²) in [6, 6.07) is 38.0. The van der Waals surface area contributed by atoms with Gasteiger partial charge in [-0.25, -0.2) is 4.68 Å². The van der Waals surface area contributed by atoms with Gasteiger partial charge in [-0.15, -0.1) is 0 Å². The molecule has 1 aliphatic heterocycles. The van der Waals surface area contributed by atoms with E-state index in [0.717, 1.165) is 33.8 Å². The predicted molar refractivity (Wildman–Crippen MR) is 138 cm³/mol. The van der Waals surface area contributed by atoms with Crippen molar-refractivity contribution >= 4 is 11.6 Å². The summed E-state index contributed by atoms with van der Waals surface area (Å²) in [5.74, 6) is -0.000300. The van der Waals surface area contributed by atoms with E-state index in [9.17, 15) is 4.79 Å².